The van der Waals surface area contributed by atoms with Gasteiger partial charge in [-0.2, -0.15) is 0 Å². The normalized spacial score (nSPS) is 16.5. The lowest BCUT2D eigenvalue weighted by atomic mass is 10.1. The average Bonchev–Trinajstić information content (AvgIpc) is 2.58. The first-order valence-electron chi connectivity index (χ1n) is 8.36. The Bertz CT molecular complexity index is 886. The van der Waals surface area contributed by atoms with E-state index in [4.69, 9.17) is 0 Å². The summed E-state index contributed by atoms with van der Waals surface area (Å²) in [7, 11) is -3.29. The highest BCUT2D eigenvalue weighted by Gasteiger charge is 2.26. The van der Waals surface area contributed by atoms with E-state index >= 15 is 0 Å². The molecule has 0 radical (unpaired) electrons. The third kappa shape index (κ3) is 3.69. The van der Waals surface area contributed by atoms with E-state index in [0.717, 1.165) is 23.2 Å². The molecule has 0 bridgehead atoms. The maximum atomic E-state index is 12.6. The van der Waals surface area contributed by atoms with E-state index in [9.17, 15) is 13.2 Å². The number of carbonyl (C=O) groups excluding carboxylic acids is 1. The van der Waals surface area contributed by atoms with Gasteiger partial charge < -0.3 is 5.32 Å². The molecule has 1 aliphatic rings. The Labute approximate surface area is 148 Å². The zero-order valence-electron chi connectivity index (χ0n) is 14.5. The summed E-state index contributed by atoms with van der Waals surface area (Å²) in [5.41, 5.74) is 3.77. The molecule has 132 valence electrons. The molecule has 6 heteroatoms. The topological polar surface area (TPSA) is 66.5 Å². The van der Waals surface area contributed by atoms with Crippen molar-refractivity contribution in [2.45, 2.75) is 26.7 Å². The molecule has 0 unspecified atom stereocenters. The summed E-state index contributed by atoms with van der Waals surface area (Å²) < 4.78 is 25.9. The highest BCUT2D eigenvalue weighted by Crippen LogP contribution is 2.25. The minimum Gasteiger partial charge on any atom is -0.322 e. The van der Waals surface area contributed by atoms with Crippen LogP contribution in [-0.2, 0) is 10.0 Å². The summed E-state index contributed by atoms with van der Waals surface area (Å²) in [6.07, 6.45) is 1.52. The Balaban J connectivity index is 1.87. The molecule has 1 fully saturated rings. The lowest BCUT2D eigenvalue weighted by Crippen LogP contribution is -2.37. The number of rotatable bonds is 3. The maximum Gasteiger partial charge on any atom is 0.255 e. The molecule has 0 aromatic heterocycles. The summed E-state index contributed by atoms with van der Waals surface area (Å²) >= 11 is 0. The van der Waals surface area contributed by atoms with Gasteiger partial charge in [0.1, 0.15) is 0 Å². The lowest BCUT2D eigenvalue weighted by Gasteiger charge is -2.28. The summed E-state index contributed by atoms with van der Waals surface area (Å²) in [6, 6.07) is 12.6. The van der Waals surface area contributed by atoms with E-state index in [-0.39, 0.29) is 11.7 Å². The van der Waals surface area contributed by atoms with Crippen LogP contribution in [-0.4, -0.2) is 26.6 Å². The molecule has 5 nitrogen and oxygen atoms in total. The van der Waals surface area contributed by atoms with Crippen LogP contribution in [0.2, 0.25) is 0 Å². The number of sulfonamides is 1. The molecule has 3 rings (SSSR count). The maximum absolute atomic E-state index is 12.6. The fourth-order valence-corrected chi connectivity index (χ4v) is 4.71. The second kappa shape index (κ2) is 6.88. The van der Waals surface area contributed by atoms with Gasteiger partial charge in [0.15, 0.2) is 0 Å². The lowest BCUT2D eigenvalue weighted by molar-refractivity contribution is 0.102. The molecular weight excluding hydrogens is 336 g/mol. The van der Waals surface area contributed by atoms with Gasteiger partial charge in [-0.25, -0.2) is 8.42 Å². The van der Waals surface area contributed by atoms with E-state index in [1.807, 2.05) is 32.0 Å². The van der Waals surface area contributed by atoms with Crippen LogP contribution in [0.5, 0.6) is 0 Å². The Morgan fingerprint density at radius 1 is 1.04 bits per heavy atom. The van der Waals surface area contributed by atoms with Crippen molar-refractivity contribution >= 4 is 27.3 Å². The number of anilines is 2. The number of hydrogen-bond donors (Lipinski definition) is 1. The summed E-state index contributed by atoms with van der Waals surface area (Å²) in [5.74, 6) is -0.0834. The van der Waals surface area contributed by atoms with Crippen molar-refractivity contribution in [2.75, 3.05) is 21.9 Å². The average molecular weight is 358 g/mol. The minimum atomic E-state index is -3.29. The van der Waals surface area contributed by atoms with E-state index in [1.165, 1.54) is 4.31 Å². The van der Waals surface area contributed by atoms with Crippen LogP contribution >= 0.6 is 0 Å². The van der Waals surface area contributed by atoms with Crippen LogP contribution in [0.15, 0.2) is 42.5 Å². The number of benzene rings is 2. The number of amides is 1. The first kappa shape index (κ1) is 17.5. The van der Waals surface area contributed by atoms with Crippen LogP contribution in [0.1, 0.15) is 34.3 Å². The fourth-order valence-electron chi connectivity index (χ4n) is 3.08. The van der Waals surface area contributed by atoms with Crippen molar-refractivity contribution in [3.8, 4) is 0 Å². The van der Waals surface area contributed by atoms with Crippen LogP contribution in [0.4, 0.5) is 11.4 Å². The van der Waals surface area contributed by atoms with Crippen molar-refractivity contribution in [2.24, 2.45) is 0 Å². The molecule has 1 N–H and O–H groups in total. The predicted octanol–water partition coefficient (Wildman–Crippen LogP) is 3.49. The van der Waals surface area contributed by atoms with Crippen LogP contribution in [0.25, 0.3) is 0 Å². The van der Waals surface area contributed by atoms with Gasteiger partial charge in [-0.1, -0.05) is 24.3 Å². The quantitative estimate of drug-likeness (QED) is 0.913. The van der Waals surface area contributed by atoms with Crippen molar-refractivity contribution in [1.82, 2.24) is 0 Å². The highest BCUT2D eigenvalue weighted by atomic mass is 32.2. The summed E-state index contributed by atoms with van der Waals surface area (Å²) in [6.45, 7) is 4.35. The first-order valence-corrected chi connectivity index (χ1v) is 9.97. The standard InChI is InChI=1S/C19H22N2O3S/c1-14-7-5-8-15(2)18(14)20-19(22)16-9-6-10-17(13-16)21-11-3-4-12-25(21,23)24/h5-10,13H,3-4,11-12H2,1-2H3,(H,20,22). The minimum absolute atomic E-state index is 0.159. The molecule has 1 heterocycles. The monoisotopic (exact) mass is 358 g/mol. The molecule has 0 saturated carbocycles. The van der Waals surface area contributed by atoms with Gasteiger partial charge in [-0.15, -0.1) is 0 Å². The van der Waals surface area contributed by atoms with E-state index in [0.29, 0.717) is 24.2 Å². The zero-order chi connectivity index (χ0) is 18.0. The van der Waals surface area contributed by atoms with Crippen LogP contribution < -0.4 is 9.62 Å². The molecule has 2 aromatic carbocycles. The molecule has 0 aliphatic carbocycles. The van der Waals surface area contributed by atoms with Crippen LogP contribution in [0.3, 0.4) is 0 Å². The van der Waals surface area contributed by atoms with E-state index in [2.05, 4.69) is 5.32 Å². The molecule has 0 spiro atoms. The van der Waals surface area contributed by atoms with Gasteiger partial charge in [-0.3, -0.25) is 9.10 Å². The number of nitrogens with zero attached hydrogens (tertiary/aromatic N) is 1. The molecular formula is C19H22N2O3S. The smallest absolute Gasteiger partial charge is 0.255 e. The Kier molecular flexibility index (Phi) is 4.81. The van der Waals surface area contributed by atoms with Gasteiger partial charge in [-0.05, 0) is 56.0 Å². The summed E-state index contributed by atoms with van der Waals surface area (Å²) in [5, 5.41) is 2.94. The van der Waals surface area contributed by atoms with Gasteiger partial charge in [0.05, 0.1) is 11.4 Å². The molecule has 2 aromatic rings. The van der Waals surface area contributed by atoms with Crippen molar-refractivity contribution in [3.05, 3.63) is 59.2 Å². The van der Waals surface area contributed by atoms with Crippen molar-refractivity contribution in [3.63, 3.8) is 0 Å². The molecule has 25 heavy (non-hydrogen) atoms. The zero-order valence-corrected chi connectivity index (χ0v) is 15.3. The van der Waals surface area contributed by atoms with Crippen LogP contribution in [0, 0.1) is 13.8 Å². The molecule has 1 aliphatic heterocycles. The third-order valence-electron chi connectivity index (χ3n) is 4.47. The fraction of sp³-hybridized carbons (Fsp3) is 0.316. The number of nitrogens with one attached hydrogen (secondary N) is 1. The Morgan fingerprint density at radius 3 is 2.40 bits per heavy atom. The predicted molar refractivity (Wildman–Crippen MR) is 101 cm³/mol. The molecule has 0 atom stereocenters. The van der Waals surface area contributed by atoms with E-state index in [1.54, 1.807) is 24.3 Å². The first-order chi connectivity index (χ1) is 11.9. The van der Waals surface area contributed by atoms with Gasteiger partial charge in [0, 0.05) is 17.8 Å². The number of carbonyl (C=O) groups is 1. The van der Waals surface area contributed by atoms with Gasteiger partial charge in [0.25, 0.3) is 5.91 Å². The molecule has 1 saturated heterocycles. The number of para-hydroxylation sites is 1. The Hall–Kier alpha value is -2.34. The van der Waals surface area contributed by atoms with E-state index < -0.39 is 10.0 Å². The second-order valence-electron chi connectivity index (χ2n) is 6.37. The second-order valence-corrected chi connectivity index (χ2v) is 8.38. The third-order valence-corrected chi connectivity index (χ3v) is 6.33. The van der Waals surface area contributed by atoms with Crippen molar-refractivity contribution in [1.29, 1.82) is 0 Å². The highest BCUT2D eigenvalue weighted by molar-refractivity contribution is 7.92. The Morgan fingerprint density at radius 2 is 1.72 bits per heavy atom. The van der Waals surface area contributed by atoms with Crippen molar-refractivity contribution < 1.29 is 13.2 Å². The molecule has 1 amide bonds. The van der Waals surface area contributed by atoms with Gasteiger partial charge in [0.2, 0.25) is 10.0 Å². The summed E-state index contributed by atoms with van der Waals surface area (Å²) in [4.78, 5) is 12.6. The largest absolute Gasteiger partial charge is 0.322 e. The van der Waals surface area contributed by atoms with Gasteiger partial charge >= 0.3 is 0 Å². The SMILES string of the molecule is Cc1cccc(C)c1NC(=O)c1cccc(N2CCCCS2(=O)=O)c1. The number of aryl methyl sites for hydroxylation is 2. The number of hydrogen-bond acceptors (Lipinski definition) is 3.